The number of ether oxygens (including phenoxy) is 2. The smallest absolute Gasteiger partial charge is 0.275 e. The molecule has 32 heavy (non-hydrogen) atoms. The van der Waals surface area contributed by atoms with Crippen molar-refractivity contribution >= 4 is 29.6 Å². The third kappa shape index (κ3) is 4.29. The molecule has 1 aromatic heterocycles. The highest BCUT2D eigenvalue weighted by Gasteiger charge is 2.35. The second-order valence-corrected chi connectivity index (χ2v) is 7.15. The Morgan fingerprint density at radius 2 is 1.69 bits per heavy atom. The van der Waals surface area contributed by atoms with E-state index < -0.39 is 0 Å². The van der Waals surface area contributed by atoms with Gasteiger partial charge in [0.2, 0.25) is 5.96 Å². The topological polar surface area (TPSA) is 88.9 Å². The zero-order valence-electron chi connectivity index (χ0n) is 18.3. The minimum absolute atomic E-state index is 0.255. The summed E-state index contributed by atoms with van der Waals surface area (Å²) in [6.45, 7) is 3.74. The Bertz CT molecular complexity index is 1200. The van der Waals surface area contributed by atoms with Crippen molar-refractivity contribution in [2.24, 2.45) is 4.99 Å². The van der Waals surface area contributed by atoms with Crippen molar-refractivity contribution in [1.29, 1.82) is 0 Å². The van der Waals surface area contributed by atoms with E-state index >= 15 is 0 Å². The first kappa shape index (κ1) is 21.0. The van der Waals surface area contributed by atoms with Crippen LogP contribution in [0.1, 0.15) is 17.0 Å². The maximum absolute atomic E-state index is 13.0. The monoisotopic (exact) mass is 429 g/mol. The molecule has 162 valence electrons. The van der Waals surface area contributed by atoms with Gasteiger partial charge in [0.25, 0.3) is 11.9 Å². The molecule has 0 radical (unpaired) electrons. The Morgan fingerprint density at radius 1 is 0.969 bits per heavy atom. The number of nitrogens with one attached hydrogen (secondary N) is 1. The van der Waals surface area contributed by atoms with Crippen LogP contribution in [0.5, 0.6) is 11.5 Å². The maximum atomic E-state index is 13.0. The highest BCUT2D eigenvalue weighted by Crippen LogP contribution is 2.37. The largest absolute Gasteiger partial charge is 0.497 e. The molecule has 1 fully saturated rings. The number of hydrogen-bond donors (Lipinski definition) is 1. The summed E-state index contributed by atoms with van der Waals surface area (Å²) in [6, 6.07) is 16.8. The van der Waals surface area contributed by atoms with Crippen molar-refractivity contribution in [3.63, 3.8) is 0 Å². The number of rotatable bonds is 5. The lowest BCUT2D eigenvalue weighted by atomic mass is 10.1. The number of aliphatic imine (C=N–C) groups is 1. The Labute approximate surface area is 186 Å². The van der Waals surface area contributed by atoms with Crippen molar-refractivity contribution in [1.82, 2.24) is 15.3 Å². The quantitative estimate of drug-likeness (QED) is 0.621. The molecule has 1 saturated heterocycles. The van der Waals surface area contributed by atoms with E-state index in [1.807, 2.05) is 50.2 Å². The molecule has 3 aromatic rings. The molecular weight excluding hydrogens is 406 g/mol. The lowest BCUT2D eigenvalue weighted by Crippen LogP contribution is -2.30. The van der Waals surface area contributed by atoms with E-state index in [9.17, 15) is 4.79 Å². The number of anilines is 1. The lowest BCUT2D eigenvalue weighted by molar-refractivity contribution is -0.115. The molecule has 0 bridgehead atoms. The van der Waals surface area contributed by atoms with Gasteiger partial charge in [0.15, 0.2) is 0 Å². The van der Waals surface area contributed by atoms with E-state index in [1.54, 1.807) is 43.4 Å². The minimum Gasteiger partial charge on any atom is -0.497 e. The molecule has 0 unspecified atom stereocenters. The van der Waals surface area contributed by atoms with E-state index in [1.165, 1.54) is 0 Å². The number of methoxy groups -OCH3 is 2. The van der Waals surface area contributed by atoms with Crippen LogP contribution in [0, 0.1) is 13.8 Å². The number of nitrogens with zero attached hydrogens (tertiary/aromatic N) is 4. The Balaban J connectivity index is 1.92. The van der Waals surface area contributed by atoms with Gasteiger partial charge in [-0.15, -0.1) is 0 Å². The van der Waals surface area contributed by atoms with E-state index in [2.05, 4.69) is 20.3 Å². The van der Waals surface area contributed by atoms with Gasteiger partial charge in [-0.25, -0.2) is 9.97 Å². The van der Waals surface area contributed by atoms with Crippen LogP contribution >= 0.6 is 0 Å². The number of aromatic nitrogens is 2. The van der Waals surface area contributed by atoms with Gasteiger partial charge >= 0.3 is 0 Å². The van der Waals surface area contributed by atoms with Gasteiger partial charge in [0, 0.05) is 17.5 Å². The van der Waals surface area contributed by atoms with Gasteiger partial charge in [0.05, 0.1) is 19.9 Å². The second kappa shape index (κ2) is 8.89. The van der Waals surface area contributed by atoms with E-state index in [0.29, 0.717) is 22.9 Å². The Hall–Kier alpha value is -4.20. The number of hydrogen-bond acceptors (Lipinski definition) is 6. The van der Waals surface area contributed by atoms with Crippen LogP contribution in [0.15, 0.2) is 65.3 Å². The minimum atomic E-state index is -0.304. The van der Waals surface area contributed by atoms with Gasteiger partial charge in [0.1, 0.15) is 17.2 Å². The third-order valence-corrected chi connectivity index (χ3v) is 4.82. The fraction of sp³-hybridized carbons (Fsp3) is 0.167. The molecule has 0 saturated carbocycles. The van der Waals surface area contributed by atoms with Gasteiger partial charge in [-0.2, -0.15) is 4.99 Å². The molecule has 1 aliphatic heterocycles. The molecule has 2 heterocycles. The van der Waals surface area contributed by atoms with Gasteiger partial charge < -0.3 is 9.47 Å². The number of guanidine groups is 1. The summed E-state index contributed by atoms with van der Waals surface area (Å²) in [7, 11) is 3.15. The molecule has 0 aliphatic carbocycles. The number of amides is 1. The van der Waals surface area contributed by atoms with E-state index in [-0.39, 0.29) is 17.8 Å². The van der Waals surface area contributed by atoms with Crippen LogP contribution in [-0.4, -0.2) is 36.1 Å². The summed E-state index contributed by atoms with van der Waals surface area (Å²) in [5.74, 6) is 1.39. The van der Waals surface area contributed by atoms with Crippen LogP contribution in [0.4, 0.5) is 11.6 Å². The standard InChI is InChI=1S/C24H23N5O3/c1-15-12-16(2)26-23(25-15)28-24-27-22(30)20(13-17-8-6-5-7-9-17)29(24)19-14-18(31-3)10-11-21(19)32-4/h5-14H,1-4H3,(H,25,26,27,28,30)/b20-13-. The van der Waals surface area contributed by atoms with E-state index in [0.717, 1.165) is 17.0 Å². The van der Waals surface area contributed by atoms with Crippen LogP contribution in [-0.2, 0) is 4.79 Å². The molecule has 0 spiro atoms. The van der Waals surface area contributed by atoms with Crippen LogP contribution < -0.4 is 19.7 Å². The summed E-state index contributed by atoms with van der Waals surface area (Å²) in [5, 5.41) is 2.84. The van der Waals surface area contributed by atoms with Crippen LogP contribution in [0.3, 0.4) is 0 Å². The second-order valence-electron chi connectivity index (χ2n) is 7.15. The Morgan fingerprint density at radius 3 is 2.34 bits per heavy atom. The van der Waals surface area contributed by atoms with Gasteiger partial charge in [-0.05, 0) is 43.7 Å². The predicted octanol–water partition coefficient (Wildman–Crippen LogP) is 3.78. The van der Waals surface area contributed by atoms with Crippen molar-refractivity contribution in [2.75, 3.05) is 19.1 Å². The molecular formula is C24H23N5O3. The highest BCUT2D eigenvalue weighted by atomic mass is 16.5. The summed E-state index contributed by atoms with van der Waals surface area (Å²) >= 11 is 0. The number of aryl methyl sites for hydroxylation is 2. The van der Waals surface area contributed by atoms with E-state index in [4.69, 9.17) is 9.47 Å². The van der Waals surface area contributed by atoms with Gasteiger partial charge in [-0.3, -0.25) is 15.0 Å². The maximum Gasteiger partial charge on any atom is 0.275 e. The van der Waals surface area contributed by atoms with Crippen molar-refractivity contribution in [3.8, 4) is 11.5 Å². The summed E-state index contributed by atoms with van der Waals surface area (Å²) in [4.78, 5) is 28.1. The lowest BCUT2D eigenvalue weighted by Gasteiger charge is -2.21. The predicted molar refractivity (Wildman–Crippen MR) is 123 cm³/mol. The molecule has 8 heteroatoms. The molecule has 4 rings (SSSR count). The SMILES string of the molecule is COc1ccc(OC)c(N2/C(=C\c3ccccc3)C(=O)N/C2=N\c2nc(C)cc(C)n2)c1. The number of benzene rings is 2. The zero-order valence-corrected chi connectivity index (χ0v) is 18.3. The molecule has 2 aromatic carbocycles. The number of carbonyl (C=O) groups excluding carboxylic acids is 1. The fourth-order valence-corrected chi connectivity index (χ4v) is 3.42. The van der Waals surface area contributed by atoms with Crippen molar-refractivity contribution in [2.45, 2.75) is 13.8 Å². The Kier molecular flexibility index (Phi) is 5.85. The normalized spacial score (nSPS) is 15.9. The first-order valence-electron chi connectivity index (χ1n) is 9.99. The molecule has 1 amide bonds. The average molecular weight is 429 g/mol. The van der Waals surface area contributed by atoms with Crippen LogP contribution in [0.2, 0.25) is 0 Å². The molecule has 1 N–H and O–H groups in total. The van der Waals surface area contributed by atoms with Gasteiger partial charge in [-0.1, -0.05) is 30.3 Å². The molecule has 8 nitrogen and oxygen atoms in total. The summed E-state index contributed by atoms with van der Waals surface area (Å²) in [5.41, 5.74) is 3.41. The first-order valence-corrected chi connectivity index (χ1v) is 9.99. The highest BCUT2D eigenvalue weighted by molar-refractivity contribution is 6.25. The summed E-state index contributed by atoms with van der Waals surface area (Å²) < 4.78 is 11.0. The zero-order chi connectivity index (χ0) is 22.7. The third-order valence-electron chi connectivity index (χ3n) is 4.82. The summed E-state index contributed by atoms with van der Waals surface area (Å²) in [6.07, 6.45) is 1.79. The van der Waals surface area contributed by atoms with Crippen molar-refractivity contribution in [3.05, 3.63) is 77.2 Å². The molecule has 0 atom stereocenters. The average Bonchev–Trinajstić information content (AvgIpc) is 3.07. The molecule has 1 aliphatic rings. The fourth-order valence-electron chi connectivity index (χ4n) is 3.42. The number of carbonyl (C=O) groups is 1. The first-order chi connectivity index (χ1) is 15.5. The van der Waals surface area contributed by atoms with Crippen molar-refractivity contribution < 1.29 is 14.3 Å². The van der Waals surface area contributed by atoms with Crippen LogP contribution in [0.25, 0.3) is 6.08 Å².